The van der Waals surface area contributed by atoms with Crippen LogP contribution in [0.5, 0.6) is 0 Å². The predicted molar refractivity (Wildman–Crippen MR) is 69.2 cm³/mol. The van der Waals surface area contributed by atoms with Crippen LogP contribution in [-0.4, -0.2) is 21.6 Å². The van der Waals surface area contributed by atoms with Gasteiger partial charge in [0.15, 0.2) is 0 Å². The van der Waals surface area contributed by atoms with Crippen LogP contribution in [-0.2, 0) is 19.6 Å². The summed E-state index contributed by atoms with van der Waals surface area (Å²) in [6.45, 7) is 1.76. The molecule has 0 spiro atoms. The molecule has 18 heavy (non-hydrogen) atoms. The Morgan fingerprint density at radius 1 is 1.22 bits per heavy atom. The molecule has 0 fully saturated rings. The van der Waals surface area contributed by atoms with Gasteiger partial charge in [0.1, 0.15) is 12.1 Å². The van der Waals surface area contributed by atoms with E-state index in [0.29, 0.717) is 0 Å². The summed E-state index contributed by atoms with van der Waals surface area (Å²) in [5.41, 5.74) is 3.54. The molecule has 0 unspecified atom stereocenters. The number of aliphatic hydroxyl groups is 1. The van der Waals surface area contributed by atoms with E-state index in [1.54, 1.807) is 6.20 Å². The summed E-state index contributed by atoms with van der Waals surface area (Å²) < 4.78 is 0. The molecule has 2 heterocycles. The molecule has 4 heteroatoms. The molecule has 1 N–H and O–H groups in total. The molecule has 0 amide bonds. The van der Waals surface area contributed by atoms with Crippen molar-refractivity contribution < 1.29 is 5.11 Å². The van der Waals surface area contributed by atoms with Crippen LogP contribution in [0.25, 0.3) is 0 Å². The number of rotatable bonds is 2. The molecule has 1 aromatic carbocycles. The first-order valence-electron chi connectivity index (χ1n) is 6.10. The summed E-state index contributed by atoms with van der Waals surface area (Å²) in [5, 5.41) is 9.34. The fourth-order valence-corrected chi connectivity index (χ4v) is 2.42. The average molecular weight is 241 g/mol. The maximum absolute atomic E-state index is 9.34. The first-order valence-corrected chi connectivity index (χ1v) is 6.10. The molecular weight excluding hydrogens is 226 g/mol. The molecule has 0 bridgehead atoms. The third kappa shape index (κ3) is 1.95. The standard InChI is InChI=1S/C14H15N3O/c18-9-13-7-15-10-16-14(13)17-6-5-11-3-1-2-4-12(11)8-17/h1-4,7,10,18H,5-6,8-9H2. The van der Waals surface area contributed by atoms with E-state index in [4.69, 9.17) is 0 Å². The second-order valence-corrected chi connectivity index (χ2v) is 4.47. The van der Waals surface area contributed by atoms with Gasteiger partial charge in [-0.2, -0.15) is 0 Å². The topological polar surface area (TPSA) is 49.3 Å². The number of nitrogens with zero attached hydrogens (tertiary/aromatic N) is 3. The highest BCUT2D eigenvalue weighted by Crippen LogP contribution is 2.24. The fraction of sp³-hybridized carbons (Fsp3) is 0.286. The Balaban J connectivity index is 1.92. The molecule has 1 aliphatic heterocycles. The third-order valence-corrected chi connectivity index (χ3v) is 3.36. The van der Waals surface area contributed by atoms with Gasteiger partial charge >= 0.3 is 0 Å². The van der Waals surface area contributed by atoms with Gasteiger partial charge in [0.05, 0.1) is 6.61 Å². The SMILES string of the molecule is OCc1cncnc1N1CCc2ccccc2C1. The summed E-state index contributed by atoms with van der Waals surface area (Å²) in [6, 6.07) is 8.48. The lowest BCUT2D eigenvalue weighted by molar-refractivity contribution is 0.281. The highest BCUT2D eigenvalue weighted by molar-refractivity contribution is 5.48. The van der Waals surface area contributed by atoms with Gasteiger partial charge in [0, 0.05) is 24.8 Å². The first-order chi connectivity index (χ1) is 8.88. The van der Waals surface area contributed by atoms with Crippen LogP contribution in [0.3, 0.4) is 0 Å². The largest absolute Gasteiger partial charge is 0.391 e. The molecule has 0 aliphatic carbocycles. The number of fused-ring (bicyclic) bond motifs is 1. The Kier molecular flexibility index (Phi) is 2.94. The van der Waals surface area contributed by atoms with Crippen molar-refractivity contribution in [2.24, 2.45) is 0 Å². The van der Waals surface area contributed by atoms with Crippen LogP contribution in [0.1, 0.15) is 16.7 Å². The summed E-state index contributed by atoms with van der Waals surface area (Å²) >= 11 is 0. The lowest BCUT2D eigenvalue weighted by Gasteiger charge is -2.30. The van der Waals surface area contributed by atoms with E-state index in [9.17, 15) is 5.11 Å². The Morgan fingerprint density at radius 3 is 2.89 bits per heavy atom. The molecule has 0 radical (unpaired) electrons. The van der Waals surface area contributed by atoms with Crippen molar-refractivity contribution in [1.82, 2.24) is 9.97 Å². The monoisotopic (exact) mass is 241 g/mol. The summed E-state index contributed by atoms with van der Waals surface area (Å²) in [6.07, 6.45) is 4.24. The van der Waals surface area contributed by atoms with Crippen molar-refractivity contribution in [1.29, 1.82) is 0 Å². The van der Waals surface area contributed by atoms with Crippen LogP contribution in [0.15, 0.2) is 36.8 Å². The van der Waals surface area contributed by atoms with Crippen molar-refractivity contribution in [2.45, 2.75) is 19.6 Å². The molecule has 3 rings (SSSR count). The van der Waals surface area contributed by atoms with Crippen molar-refractivity contribution >= 4 is 5.82 Å². The normalized spacial score (nSPS) is 14.4. The first kappa shape index (κ1) is 11.2. The minimum atomic E-state index is -0.0195. The van der Waals surface area contributed by atoms with Gasteiger partial charge in [-0.25, -0.2) is 9.97 Å². The van der Waals surface area contributed by atoms with Crippen LogP contribution in [0, 0.1) is 0 Å². The molecular formula is C14H15N3O. The van der Waals surface area contributed by atoms with Gasteiger partial charge in [-0.1, -0.05) is 24.3 Å². The fourth-order valence-electron chi connectivity index (χ4n) is 2.42. The van der Waals surface area contributed by atoms with Crippen LogP contribution in [0.2, 0.25) is 0 Å². The van der Waals surface area contributed by atoms with Gasteiger partial charge in [-0.3, -0.25) is 0 Å². The van der Waals surface area contributed by atoms with Crippen molar-refractivity contribution in [3.8, 4) is 0 Å². The highest BCUT2D eigenvalue weighted by Gasteiger charge is 2.19. The maximum Gasteiger partial charge on any atom is 0.137 e. The van der Waals surface area contributed by atoms with Gasteiger partial charge in [-0.05, 0) is 17.5 Å². The minimum absolute atomic E-state index is 0.0195. The summed E-state index contributed by atoms with van der Waals surface area (Å²) in [4.78, 5) is 10.5. The zero-order valence-electron chi connectivity index (χ0n) is 10.1. The van der Waals surface area contributed by atoms with E-state index in [0.717, 1.165) is 30.9 Å². The molecule has 1 aromatic heterocycles. The van der Waals surface area contributed by atoms with E-state index in [1.807, 2.05) is 0 Å². The number of aliphatic hydroxyl groups excluding tert-OH is 1. The summed E-state index contributed by atoms with van der Waals surface area (Å²) in [7, 11) is 0. The molecule has 0 saturated carbocycles. The number of hydrogen-bond acceptors (Lipinski definition) is 4. The lowest BCUT2D eigenvalue weighted by atomic mass is 10.00. The van der Waals surface area contributed by atoms with Gasteiger partial charge in [0.2, 0.25) is 0 Å². The summed E-state index contributed by atoms with van der Waals surface area (Å²) in [5.74, 6) is 0.849. The Hall–Kier alpha value is -1.94. The third-order valence-electron chi connectivity index (χ3n) is 3.36. The lowest BCUT2D eigenvalue weighted by Crippen LogP contribution is -2.31. The van der Waals surface area contributed by atoms with Gasteiger partial charge in [-0.15, -0.1) is 0 Å². The number of benzene rings is 1. The predicted octanol–water partition coefficient (Wildman–Crippen LogP) is 1.53. The number of hydrogen-bond donors (Lipinski definition) is 1. The van der Waals surface area contributed by atoms with Crippen molar-refractivity contribution in [3.05, 3.63) is 53.5 Å². The maximum atomic E-state index is 9.34. The second-order valence-electron chi connectivity index (χ2n) is 4.47. The molecule has 0 atom stereocenters. The van der Waals surface area contributed by atoms with E-state index in [-0.39, 0.29) is 6.61 Å². The van der Waals surface area contributed by atoms with Crippen LogP contribution >= 0.6 is 0 Å². The molecule has 0 saturated heterocycles. The van der Waals surface area contributed by atoms with Gasteiger partial charge < -0.3 is 10.0 Å². The van der Waals surface area contributed by atoms with E-state index in [2.05, 4.69) is 39.1 Å². The van der Waals surface area contributed by atoms with Crippen molar-refractivity contribution in [3.63, 3.8) is 0 Å². The Morgan fingerprint density at radius 2 is 2.06 bits per heavy atom. The van der Waals surface area contributed by atoms with E-state index < -0.39 is 0 Å². The molecule has 4 nitrogen and oxygen atoms in total. The number of anilines is 1. The zero-order chi connectivity index (χ0) is 12.4. The van der Waals surface area contributed by atoms with Crippen LogP contribution in [0.4, 0.5) is 5.82 Å². The molecule has 1 aliphatic rings. The average Bonchev–Trinajstić information content (AvgIpc) is 2.46. The van der Waals surface area contributed by atoms with E-state index >= 15 is 0 Å². The van der Waals surface area contributed by atoms with Crippen LogP contribution < -0.4 is 4.90 Å². The zero-order valence-corrected chi connectivity index (χ0v) is 10.1. The second kappa shape index (κ2) is 4.74. The molecule has 2 aromatic rings. The molecule has 92 valence electrons. The Labute approximate surface area is 106 Å². The number of aromatic nitrogens is 2. The quantitative estimate of drug-likeness (QED) is 0.866. The smallest absolute Gasteiger partial charge is 0.137 e. The Bertz CT molecular complexity index is 556. The van der Waals surface area contributed by atoms with Crippen molar-refractivity contribution in [2.75, 3.05) is 11.4 Å². The minimum Gasteiger partial charge on any atom is -0.391 e. The van der Waals surface area contributed by atoms with E-state index in [1.165, 1.54) is 17.5 Å². The van der Waals surface area contributed by atoms with Gasteiger partial charge in [0.25, 0.3) is 0 Å². The highest BCUT2D eigenvalue weighted by atomic mass is 16.3.